The number of hydrogen-bond donors (Lipinski definition) is 0. The SMILES string of the molecule is Cc1noc(C)c1COc1cccc(C(=O)OCc2ccc(Cl)cc2Cl)c1. The lowest BCUT2D eigenvalue weighted by Gasteiger charge is -2.09. The van der Waals surface area contributed by atoms with Crippen molar-refractivity contribution in [1.82, 2.24) is 5.16 Å². The molecule has 0 atom stereocenters. The van der Waals surface area contributed by atoms with Crippen LogP contribution in [0.3, 0.4) is 0 Å². The van der Waals surface area contributed by atoms with Crippen LogP contribution < -0.4 is 4.74 Å². The van der Waals surface area contributed by atoms with Gasteiger partial charge in [0, 0.05) is 15.6 Å². The smallest absolute Gasteiger partial charge is 0.338 e. The van der Waals surface area contributed by atoms with Crippen molar-refractivity contribution in [2.24, 2.45) is 0 Å². The number of hydrogen-bond acceptors (Lipinski definition) is 5. The summed E-state index contributed by atoms with van der Waals surface area (Å²) in [6.07, 6.45) is 0. The molecule has 0 saturated heterocycles. The molecule has 0 aliphatic heterocycles. The maximum absolute atomic E-state index is 12.3. The monoisotopic (exact) mass is 405 g/mol. The maximum atomic E-state index is 12.3. The van der Waals surface area contributed by atoms with Gasteiger partial charge in [0.2, 0.25) is 0 Å². The van der Waals surface area contributed by atoms with E-state index in [0.29, 0.717) is 39.3 Å². The molecule has 0 aliphatic carbocycles. The molecule has 0 amide bonds. The summed E-state index contributed by atoms with van der Waals surface area (Å²) in [6, 6.07) is 11.8. The van der Waals surface area contributed by atoms with Crippen molar-refractivity contribution in [3.8, 4) is 5.75 Å². The van der Waals surface area contributed by atoms with Crippen LogP contribution in [0.5, 0.6) is 5.75 Å². The third-order valence-corrected chi connectivity index (χ3v) is 4.59. The Kier molecular flexibility index (Phi) is 6.04. The highest BCUT2D eigenvalue weighted by Gasteiger charge is 2.12. The second-order valence-corrected chi connectivity index (χ2v) is 6.77. The Morgan fingerprint density at radius 1 is 1.11 bits per heavy atom. The molecule has 3 rings (SSSR count). The summed E-state index contributed by atoms with van der Waals surface area (Å²) in [7, 11) is 0. The summed E-state index contributed by atoms with van der Waals surface area (Å²) in [4.78, 5) is 12.3. The largest absolute Gasteiger partial charge is 0.489 e. The van der Waals surface area contributed by atoms with Crippen molar-refractivity contribution >= 4 is 29.2 Å². The molecule has 0 spiro atoms. The Labute approximate surface area is 166 Å². The van der Waals surface area contributed by atoms with Crippen LogP contribution in [0.25, 0.3) is 0 Å². The quantitative estimate of drug-likeness (QED) is 0.504. The van der Waals surface area contributed by atoms with Crippen LogP contribution in [0.1, 0.15) is 32.9 Å². The van der Waals surface area contributed by atoms with E-state index in [9.17, 15) is 4.79 Å². The summed E-state index contributed by atoms with van der Waals surface area (Å²) < 4.78 is 16.2. The molecule has 0 bridgehead atoms. The van der Waals surface area contributed by atoms with Gasteiger partial charge < -0.3 is 14.0 Å². The van der Waals surface area contributed by atoms with Crippen LogP contribution in [-0.4, -0.2) is 11.1 Å². The zero-order valence-corrected chi connectivity index (χ0v) is 16.3. The van der Waals surface area contributed by atoms with E-state index in [4.69, 9.17) is 37.2 Å². The van der Waals surface area contributed by atoms with Gasteiger partial charge >= 0.3 is 5.97 Å². The molecule has 0 aliphatic rings. The Bertz CT molecular complexity index is 949. The van der Waals surface area contributed by atoms with Gasteiger partial charge in [0.15, 0.2) is 0 Å². The van der Waals surface area contributed by atoms with E-state index in [1.54, 1.807) is 42.5 Å². The second-order valence-electron chi connectivity index (χ2n) is 5.93. The minimum absolute atomic E-state index is 0.0546. The third-order valence-electron chi connectivity index (χ3n) is 4.01. The van der Waals surface area contributed by atoms with Crippen LogP contribution in [0.15, 0.2) is 47.0 Å². The van der Waals surface area contributed by atoms with Crippen molar-refractivity contribution in [3.05, 3.63) is 80.7 Å². The van der Waals surface area contributed by atoms with Gasteiger partial charge in [0.05, 0.1) is 16.8 Å². The summed E-state index contributed by atoms with van der Waals surface area (Å²) in [5.41, 5.74) is 2.74. The summed E-state index contributed by atoms with van der Waals surface area (Å²) in [6.45, 7) is 4.04. The van der Waals surface area contributed by atoms with Crippen LogP contribution >= 0.6 is 23.2 Å². The standard InChI is InChI=1S/C20H17Cl2NO4/c1-12-18(13(2)27-23-12)11-25-17-5-3-4-14(8-17)20(24)26-10-15-6-7-16(21)9-19(15)22/h3-9H,10-11H2,1-2H3. The molecule has 0 saturated carbocycles. The van der Waals surface area contributed by atoms with Crippen molar-refractivity contribution in [2.75, 3.05) is 0 Å². The number of rotatable bonds is 6. The molecule has 1 aromatic heterocycles. The lowest BCUT2D eigenvalue weighted by Crippen LogP contribution is -2.06. The molecule has 0 N–H and O–H groups in total. The van der Waals surface area contributed by atoms with E-state index in [-0.39, 0.29) is 6.61 Å². The first-order valence-electron chi connectivity index (χ1n) is 8.19. The van der Waals surface area contributed by atoms with E-state index < -0.39 is 5.97 Å². The first-order chi connectivity index (χ1) is 12.9. The molecule has 5 nitrogen and oxygen atoms in total. The van der Waals surface area contributed by atoms with Crippen LogP contribution in [0, 0.1) is 13.8 Å². The number of benzene rings is 2. The molecule has 2 aromatic carbocycles. The van der Waals surface area contributed by atoms with Crippen molar-refractivity contribution in [2.45, 2.75) is 27.1 Å². The molecule has 7 heteroatoms. The fourth-order valence-electron chi connectivity index (χ4n) is 2.44. The number of carbonyl (C=O) groups is 1. The van der Waals surface area contributed by atoms with E-state index in [2.05, 4.69) is 5.16 Å². The molecule has 3 aromatic rings. The van der Waals surface area contributed by atoms with E-state index in [0.717, 1.165) is 11.3 Å². The normalized spacial score (nSPS) is 10.7. The molecule has 0 fully saturated rings. The van der Waals surface area contributed by atoms with Gasteiger partial charge in [-0.05, 0) is 44.2 Å². The number of nitrogens with zero attached hydrogens (tertiary/aromatic N) is 1. The second kappa shape index (κ2) is 8.46. The Balaban J connectivity index is 1.63. The zero-order valence-electron chi connectivity index (χ0n) is 14.8. The minimum atomic E-state index is -0.469. The molecule has 1 heterocycles. The van der Waals surface area contributed by atoms with Gasteiger partial charge in [-0.3, -0.25) is 0 Å². The number of aromatic nitrogens is 1. The predicted molar refractivity (Wildman–Crippen MR) is 102 cm³/mol. The maximum Gasteiger partial charge on any atom is 0.338 e. The van der Waals surface area contributed by atoms with Gasteiger partial charge in [-0.1, -0.05) is 40.5 Å². The Morgan fingerprint density at radius 2 is 1.93 bits per heavy atom. The van der Waals surface area contributed by atoms with Crippen molar-refractivity contribution < 1.29 is 18.8 Å². The van der Waals surface area contributed by atoms with Gasteiger partial charge in [0.1, 0.15) is 24.7 Å². The topological polar surface area (TPSA) is 61.6 Å². The average Bonchev–Trinajstić information content (AvgIpc) is 2.97. The summed E-state index contributed by atoms with van der Waals surface area (Å²) in [5, 5.41) is 4.87. The fourth-order valence-corrected chi connectivity index (χ4v) is 2.90. The molecule has 0 unspecified atom stereocenters. The first kappa shape index (κ1) is 19.3. The summed E-state index contributed by atoms with van der Waals surface area (Å²) in [5.74, 6) is 0.792. The highest BCUT2D eigenvalue weighted by Crippen LogP contribution is 2.23. The van der Waals surface area contributed by atoms with Crippen LogP contribution in [0.4, 0.5) is 0 Å². The van der Waals surface area contributed by atoms with Crippen molar-refractivity contribution in [3.63, 3.8) is 0 Å². The Morgan fingerprint density at radius 3 is 2.63 bits per heavy atom. The van der Waals surface area contributed by atoms with Gasteiger partial charge in [-0.15, -0.1) is 0 Å². The van der Waals surface area contributed by atoms with Crippen LogP contribution in [0.2, 0.25) is 10.0 Å². The number of aryl methyl sites for hydroxylation is 2. The van der Waals surface area contributed by atoms with Crippen molar-refractivity contribution in [1.29, 1.82) is 0 Å². The minimum Gasteiger partial charge on any atom is -0.489 e. The number of ether oxygens (including phenoxy) is 2. The van der Waals surface area contributed by atoms with Crippen LogP contribution in [-0.2, 0) is 18.0 Å². The number of carbonyl (C=O) groups excluding carboxylic acids is 1. The lowest BCUT2D eigenvalue weighted by molar-refractivity contribution is 0.0472. The van der Waals surface area contributed by atoms with Gasteiger partial charge in [0.25, 0.3) is 0 Å². The predicted octanol–water partition coefficient (Wildman–Crippen LogP) is 5.53. The lowest BCUT2D eigenvalue weighted by atomic mass is 10.2. The van der Waals surface area contributed by atoms with Gasteiger partial charge in [-0.2, -0.15) is 0 Å². The van der Waals surface area contributed by atoms with Gasteiger partial charge in [-0.25, -0.2) is 4.79 Å². The fraction of sp³-hybridized carbons (Fsp3) is 0.200. The average molecular weight is 406 g/mol. The third kappa shape index (κ3) is 4.81. The Hall–Kier alpha value is -2.50. The van der Waals surface area contributed by atoms with E-state index in [1.165, 1.54) is 0 Å². The first-order valence-corrected chi connectivity index (χ1v) is 8.95. The number of halogens is 2. The summed E-state index contributed by atoms with van der Waals surface area (Å²) >= 11 is 12.0. The van der Waals surface area contributed by atoms with E-state index in [1.807, 2.05) is 13.8 Å². The zero-order chi connectivity index (χ0) is 19.4. The highest BCUT2D eigenvalue weighted by atomic mass is 35.5. The number of esters is 1. The molecular weight excluding hydrogens is 389 g/mol. The molecule has 27 heavy (non-hydrogen) atoms. The molecule has 0 radical (unpaired) electrons. The van der Waals surface area contributed by atoms with E-state index >= 15 is 0 Å². The highest BCUT2D eigenvalue weighted by molar-refractivity contribution is 6.35. The molecule has 140 valence electrons. The molecular formula is C20H17Cl2NO4.